The third kappa shape index (κ3) is 5.04. The fourth-order valence-electron chi connectivity index (χ4n) is 2.85. The number of hydrogen-bond donors (Lipinski definition) is 2. The first-order valence-electron chi connectivity index (χ1n) is 8.57. The quantitative estimate of drug-likeness (QED) is 0.711. The second-order valence-corrected chi connectivity index (χ2v) is 7.37. The summed E-state index contributed by atoms with van der Waals surface area (Å²) in [5, 5.41) is 11.9. The van der Waals surface area contributed by atoms with Gasteiger partial charge in [0.2, 0.25) is 0 Å². The number of aliphatic carboxylic acids is 1. The summed E-state index contributed by atoms with van der Waals surface area (Å²) in [7, 11) is 0. The number of rotatable bonds is 6. The van der Waals surface area contributed by atoms with Crippen LogP contribution in [0.15, 0.2) is 11.0 Å². The number of ether oxygens (including phenoxy) is 1. The first-order valence-corrected chi connectivity index (χ1v) is 8.57. The SMILES string of the molecule is Cc1cnc(NCN2CCC[C@@H]2C(=O)OC(C)(C)C)c(=O)n1CC(=O)O. The lowest BCUT2D eigenvalue weighted by Crippen LogP contribution is -2.43. The number of hydrogen-bond acceptors (Lipinski definition) is 7. The van der Waals surface area contributed by atoms with Gasteiger partial charge >= 0.3 is 11.9 Å². The minimum absolute atomic E-state index is 0.0617. The summed E-state index contributed by atoms with van der Waals surface area (Å²) in [6.45, 7) is 7.62. The van der Waals surface area contributed by atoms with E-state index in [-0.39, 0.29) is 24.5 Å². The van der Waals surface area contributed by atoms with Gasteiger partial charge in [-0.25, -0.2) is 4.98 Å². The maximum absolute atomic E-state index is 12.4. The van der Waals surface area contributed by atoms with E-state index in [1.165, 1.54) is 6.20 Å². The van der Waals surface area contributed by atoms with Gasteiger partial charge in [-0.15, -0.1) is 0 Å². The monoisotopic (exact) mass is 366 g/mol. The van der Waals surface area contributed by atoms with Crippen molar-refractivity contribution in [3.05, 3.63) is 22.2 Å². The van der Waals surface area contributed by atoms with Crippen molar-refractivity contribution >= 4 is 17.8 Å². The number of nitrogens with one attached hydrogen (secondary N) is 1. The van der Waals surface area contributed by atoms with Crippen LogP contribution in [0.1, 0.15) is 39.3 Å². The van der Waals surface area contributed by atoms with E-state index in [0.29, 0.717) is 18.7 Å². The van der Waals surface area contributed by atoms with E-state index in [1.807, 2.05) is 25.7 Å². The molecule has 1 aromatic rings. The van der Waals surface area contributed by atoms with Crippen LogP contribution in [0.25, 0.3) is 0 Å². The molecule has 1 saturated heterocycles. The molecule has 26 heavy (non-hydrogen) atoms. The van der Waals surface area contributed by atoms with Crippen LogP contribution in [-0.2, 0) is 20.9 Å². The minimum atomic E-state index is -1.10. The van der Waals surface area contributed by atoms with E-state index < -0.39 is 23.7 Å². The highest BCUT2D eigenvalue weighted by atomic mass is 16.6. The normalized spacial score (nSPS) is 17.9. The highest BCUT2D eigenvalue weighted by Gasteiger charge is 2.34. The molecule has 1 fully saturated rings. The topological polar surface area (TPSA) is 114 Å². The Morgan fingerprint density at radius 2 is 2.12 bits per heavy atom. The van der Waals surface area contributed by atoms with Crippen LogP contribution in [0.5, 0.6) is 0 Å². The van der Waals surface area contributed by atoms with Gasteiger partial charge in [0.1, 0.15) is 18.2 Å². The lowest BCUT2D eigenvalue weighted by molar-refractivity contribution is -0.160. The summed E-state index contributed by atoms with van der Waals surface area (Å²) >= 11 is 0. The third-order valence-electron chi connectivity index (χ3n) is 4.04. The van der Waals surface area contributed by atoms with E-state index in [9.17, 15) is 14.4 Å². The molecule has 0 spiro atoms. The molecule has 0 aliphatic carbocycles. The lowest BCUT2D eigenvalue weighted by atomic mass is 10.1. The second-order valence-electron chi connectivity index (χ2n) is 7.37. The zero-order valence-corrected chi connectivity index (χ0v) is 15.6. The van der Waals surface area contributed by atoms with E-state index in [2.05, 4.69) is 10.3 Å². The Kier molecular flexibility index (Phi) is 6.01. The first-order chi connectivity index (χ1) is 12.1. The summed E-state index contributed by atoms with van der Waals surface area (Å²) in [5.74, 6) is -1.32. The van der Waals surface area contributed by atoms with Gasteiger partial charge < -0.3 is 15.2 Å². The molecule has 144 valence electrons. The molecule has 2 N–H and O–H groups in total. The smallest absolute Gasteiger partial charge is 0.323 e. The molecule has 1 atom stereocenters. The maximum atomic E-state index is 12.4. The summed E-state index contributed by atoms with van der Waals surface area (Å²) in [6.07, 6.45) is 3.00. The standard InChI is InChI=1S/C17H26N4O5/c1-11-8-18-14(15(24)21(11)9-13(22)23)19-10-20-7-5-6-12(20)16(25)26-17(2,3)4/h8,12H,5-7,9-10H2,1-4H3,(H,18,19)(H,22,23)/t12-/m1/s1. The van der Waals surface area contributed by atoms with Crippen molar-refractivity contribution in [3.8, 4) is 0 Å². The lowest BCUT2D eigenvalue weighted by Gasteiger charge is -2.27. The average molecular weight is 366 g/mol. The number of aromatic nitrogens is 2. The predicted octanol–water partition coefficient (Wildman–Crippen LogP) is 0.812. The zero-order valence-electron chi connectivity index (χ0n) is 15.6. The highest BCUT2D eigenvalue weighted by molar-refractivity contribution is 5.76. The van der Waals surface area contributed by atoms with E-state index in [4.69, 9.17) is 9.84 Å². The fourth-order valence-corrected chi connectivity index (χ4v) is 2.85. The Morgan fingerprint density at radius 1 is 1.42 bits per heavy atom. The number of anilines is 1. The molecule has 2 rings (SSSR count). The Bertz CT molecular complexity index is 738. The van der Waals surface area contributed by atoms with Crippen molar-refractivity contribution in [2.24, 2.45) is 0 Å². The van der Waals surface area contributed by atoms with Crippen molar-refractivity contribution in [1.29, 1.82) is 0 Å². The summed E-state index contributed by atoms with van der Waals surface area (Å²) in [5.41, 5.74) is -0.585. The van der Waals surface area contributed by atoms with Gasteiger partial charge in [-0.05, 0) is 40.5 Å². The molecule has 9 heteroatoms. The molecule has 0 radical (unpaired) electrons. The molecule has 9 nitrogen and oxygen atoms in total. The van der Waals surface area contributed by atoms with Crippen molar-refractivity contribution in [3.63, 3.8) is 0 Å². The van der Waals surface area contributed by atoms with Gasteiger partial charge in [-0.3, -0.25) is 23.9 Å². The molecule has 0 aromatic carbocycles. The number of esters is 1. The van der Waals surface area contributed by atoms with Gasteiger partial charge in [-0.1, -0.05) is 0 Å². The number of likely N-dealkylation sites (tertiary alicyclic amines) is 1. The summed E-state index contributed by atoms with van der Waals surface area (Å²) in [6, 6.07) is -0.367. The second kappa shape index (κ2) is 7.86. The van der Waals surface area contributed by atoms with Crippen LogP contribution in [0.4, 0.5) is 5.82 Å². The maximum Gasteiger partial charge on any atom is 0.323 e. The third-order valence-corrected chi connectivity index (χ3v) is 4.04. The van der Waals surface area contributed by atoms with Crippen LogP contribution >= 0.6 is 0 Å². The molecule has 0 amide bonds. The molecular weight excluding hydrogens is 340 g/mol. The van der Waals surface area contributed by atoms with Crippen molar-refractivity contribution in [2.75, 3.05) is 18.5 Å². The van der Waals surface area contributed by atoms with Gasteiger partial charge in [0.25, 0.3) is 5.56 Å². The van der Waals surface area contributed by atoms with Gasteiger partial charge in [0.05, 0.1) is 6.67 Å². The fraction of sp³-hybridized carbons (Fsp3) is 0.647. The Balaban J connectivity index is 2.07. The largest absolute Gasteiger partial charge is 0.480 e. The number of aryl methyl sites for hydroxylation is 1. The highest BCUT2D eigenvalue weighted by Crippen LogP contribution is 2.20. The number of carbonyl (C=O) groups is 2. The van der Waals surface area contributed by atoms with Crippen molar-refractivity contribution in [2.45, 2.75) is 58.7 Å². The Morgan fingerprint density at radius 3 is 2.73 bits per heavy atom. The molecule has 0 unspecified atom stereocenters. The molecule has 0 bridgehead atoms. The van der Waals surface area contributed by atoms with Gasteiger partial charge in [0.15, 0.2) is 5.82 Å². The molecule has 0 saturated carbocycles. The first kappa shape index (κ1) is 19.9. The minimum Gasteiger partial charge on any atom is -0.480 e. The van der Waals surface area contributed by atoms with Crippen molar-refractivity contribution in [1.82, 2.24) is 14.5 Å². The summed E-state index contributed by atoms with van der Waals surface area (Å²) in [4.78, 5) is 41.6. The predicted molar refractivity (Wildman–Crippen MR) is 94.9 cm³/mol. The molecule has 1 aromatic heterocycles. The molecule has 2 heterocycles. The molecule has 1 aliphatic heterocycles. The Hall–Kier alpha value is -2.42. The number of carboxylic acid groups (broad SMARTS) is 1. The zero-order chi connectivity index (χ0) is 19.5. The summed E-state index contributed by atoms with van der Waals surface area (Å²) < 4.78 is 6.60. The number of carbonyl (C=O) groups excluding carboxylic acids is 1. The van der Waals surface area contributed by atoms with Crippen molar-refractivity contribution < 1.29 is 19.4 Å². The van der Waals surface area contributed by atoms with Crippen LogP contribution in [0.2, 0.25) is 0 Å². The van der Waals surface area contributed by atoms with Crippen LogP contribution < -0.4 is 10.9 Å². The van der Waals surface area contributed by atoms with Gasteiger partial charge in [-0.2, -0.15) is 0 Å². The van der Waals surface area contributed by atoms with Crippen LogP contribution in [0.3, 0.4) is 0 Å². The van der Waals surface area contributed by atoms with Crippen LogP contribution in [0, 0.1) is 6.92 Å². The van der Waals surface area contributed by atoms with E-state index in [1.54, 1.807) is 6.92 Å². The average Bonchev–Trinajstić information content (AvgIpc) is 2.97. The van der Waals surface area contributed by atoms with E-state index in [0.717, 1.165) is 11.0 Å². The number of carboxylic acids is 1. The Labute approximate surface area is 152 Å². The van der Waals surface area contributed by atoms with E-state index >= 15 is 0 Å². The molecule has 1 aliphatic rings. The van der Waals surface area contributed by atoms with Gasteiger partial charge in [0, 0.05) is 18.4 Å². The number of nitrogens with zero attached hydrogens (tertiary/aromatic N) is 3. The molecular formula is C17H26N4O5. The van der Waals surface area contributed by atoms with Crippen LogP contribution in [-0.4, -0.2) is 56.4 Å².